The molecule has 31 heavy (non-hydrogen) atoms. The predicted molar refractivity (Wildman–Crippen MR) is 118 cm³/mol. The van der Waals surface area contributed by atoms with Gasteiger partial charge in [0.05, 0.1) is 11.5 Å². The molecule has 164 valence electrons. The van der Waals surface area contributed by atoms with Crippen LogP contribution in [0.5, 0.6) is 0 Å². The summed E-state index contributed by atoms with van der Waals surface area (Å²) in [7, 11) is 1.96. The van der Waals surface area contributed by atoms with Crippen LogP contribution in [-0.2, 0) is 23.2 Å². The van der Waals surface area contributed by atoms with Gasteiger partial charge in [0.15, 0.2) is 0 Å². The Balaban J connectivity index is 1.67. The third-order valence-corrected chi connectivity index (χ3v) is 5.43. The minimum Gasteiger partial charge on any atom is -0.353 e. The lowest BCUT2D eigenvalue weighted by atomic mass is 10.2. The Labute approximate surface area is 181 Å². The molecular formula is C23H28N4O4. The number of aryl methyl sites for hydroxylation is 1. The molecule has 1 heterocycles. The lowest BCUT2D eigenvalue weighted by Crippen LogP contribution is -2.46. The molecule has 0 spiro atoms. The van der Waals surface area contributed by atoms with Gasteiger partial charge in [-0.1, -0.05) is 0 Å². The van der Waals surface area contributed by atoms with Crippen molar-refractivity contribution in [2.24, 2.45) is 7.05 Å². The third-order valence-electron chi connectivity index (χ3n) is 5.43. The van der Waals surface area contributed by atoms with E-state index in [0.717, 1.165) is 18.5 Å². The van der Waals surface area contributed by atoms with Crippen molar-refractivity contribution in [1.29, 1.82) is 0 Å². The van der Waals surface area contributed by atoms with Crippen LogP contribution in [0.4, 0.5) is 5.69 Å². The molecule has 2 amide bonds. The molecular weight excluding hydrogens is 396 g/mol. The van der Waals surface area contributed by atoms with E-state index in [9.17, 15) is 19.7 Å². The van der Waals surface area contributed by atoms with Gasteiger partial charge in [-0.15, -0.1) is 0 Å². The Hall–Kier alpha value is -3.42. The van der Waals surface area contributed by atoms with Gasteiger partial charge in [0, 0.05) is 49.2 Å². The highest BCUT2D eigenvalue weighted by Crippen LogP contribution is 2.28. The predicted octanol–water partition coefficient (Wildman–Crippen LogP) is 3.37. The first-order valence-electron chi connectivity index (χ1n) is 10.4. The number of non-ortho nitro benzene ring substituents is 1. The summed E-state index contributed by atoms with van der Waals surface area (Å²) in [6.07, 6.45) is 6.96. The van der Waals surface area contributed by atoms with Crippen molar-refractivity contribution in [3.05, 3.63) is 70.0 Å². The van der Waals surface area contributed by atoms with E-state index in [-0.39, 0.29) is 36.1 Å². The van der Waals surface area contributed by atoms with Crippen molar-refractivity contribution in [3.63, 3.8) is 0 Å². The minimum absolute atomic E-state index is 0.00345. The molecule has 1 fully saturated rings. The fourth-order valence-electron chi connectivity index (χ4n) is 3.36. The molecule has 0 unspecified atom stereocenters. The smallest absolute Gasteiger partial charge is 0.269 e. The van der Waals surface area contributed by atoms with E-state index in [4.69, 9.17) is 0 Å². The molecule has 8 nitrogen and oxygen atoms in total. The maximum atomic E-state index is 13.1. The van der Waals surface area contributed by atoms with Crippen LogP contribution in [0.3, 0.4) is 0 Å². The number of amides is 2. The highest BCUT2D eigenvalue weighted by atomic mass is 16.6. The van der Waals surface area contributed by atoms with Crippen LogP contribution in [0, 0.1) is 10.1 Å². The fraction of sp³-hybridized carbons (Fsp3) is 0.391. The molecule has 1 aliphatic carbocycles. The molecule has 3 rings (SSSR count). The van der Waals surface area contributed by atoms with Crippen molar-refractivity contribution < 1.29 is 14.5 Å². The van der Waals surface area contributed by atoms with E-state index in [0.29, 0.717) is 12.1 Å². The number of nitrogens with zero attached hydrogens (tertiary/aromatic N) is 4. The summed E-state index contributed by atoms with van der Waals surface area (Å²) in [6, 6.07) is 10.0. The second-order valence-corrected chi connectivity index (χ2v) is 8.11. The average molecular weight is 425 g/mol. The van der Waals surface area contributed by atoms with Crippen molar-refractivity contribution >= 4 is 23.6 Å². The first kappa shape index (κ1) is 22.3. The number of aromatic nitrogens is 1. The highest BCUT2D eigenvalue weighted by Gasteiger charge is 2.34. The van der Waals surface area contributed by atoms with Crippen LogP contribution < -0.4 is 0 Å². The Morgan fingerprint density at radius 1 is 1.23 bits per heavy atom. The number of nitro benzene ring substituents is 1. The van der Waals surface area contributed by atoms with Crippen LogP contribution >= 0.6 is 0 Å². The molecule has 1 saturated carbocycles. The van der Waals surface area contributed by atoms with Crippen LogP contribution in [0.25, 0.3) is 6.08 Å². The number of nitro groups is 1. The summed E-state index contributed by atoms with van der Waals surface area (Å²) in [5, 5.41) is 10.8. The van der Waals surface area contributed by atoms with Gasteiger partial charge in [-0.25, -0.2) is 0 Å². The summed E-state index contributed by atoms with van der Waals surface area (Å²) in [4.78, 5) is 39.6. The van der Waals surface area contributed by atoms with Gasteiger partial charge in [0.2, 0.25) is 11.8 Å². The molecule has 8 heteroatoms. The Morgan fingerprint density at radius 2 is 1.90 bits per heavy atom. The van der Waals surface area contributed by atoms with Crippen molar-refractivity contribution in [3.8, 4) is 0 Å². The van der Waals surface area contributed by atoms with Gasteiger partial charge in [-0.05, 0) is 62.6 Å². The first-order valence-corrected chi connectivity index (χ1v) is 10.4. The molecule has 0 saturated heterocycles. The van der Waals surface area contributed by atoms with Gasteiger partial charge in [0.1, 0.15) is 6.54 Å². The van der Waals surface area contributed by atoms with Gasteiger partial charge in [0.25, 0.3) is 5.69 Å². The average Bonchev–Trinajstić information content (AvgIpc) is 3.50. The summed E-state index contributed by atoms with van der Waals surface area (Å²) >= 11 is 0. The largest absolute Gasteiger partial charge is 0.353 e. The molecule has 2 aromatic rings. The molecule has 0 radical (unpaired) electrons. The molecule has 0 aliphatic heterocycles. The van der Waals surface area contributed by atoms with Crippen LogP contribution in [0.2, 0.25) is 0 Å². The monoisotopic (exact) mass is 424 g/mol. The zero-order chi connectivity index (χ0) is 22.5. The van der Waals surface area contributed by atoms with E-state index in [1.807, 2.05) is 48.7 Å². The SMILES string of the molecule is CC(C)N(CC(=O)N(Cc1cccn1C)C1CC1)C(=O)C=Cc1ccc([N+](=O)[O-])cc1. The van der Waals surface area contributed by atoms with E-state index < -0.39 is 4.92 Å². The van der Waals surface area contributed by atoms with Crippen LogP contribution in [-0.4, -0.2) is 49.7 Å². The van der Waals surface area contributed by atoms with Crippen LogP contribution in [0.1, 0.15) is 37.9 Å². The molecule has 1 aromatic carbocycles. The Kier molecular flexibility index (Phi) is 6.89. The Morgan fingerprint density at radius 3 is 2.42 bits per heavy atom. The normalized spacial score (nSPS) is 13.5. The van der Waals surface area contributed by atoms with E-state index in [2.05, 4.69) is 0 Å². The van der Waals surface area contributed by atoms with E-state index >= 15 is 0 Å². The maximum absolute atomic E-state index is 13.1. The third kappa shape index (κ3) is 5.81. The van der Waals surface area contributed by atoms with Crippen molar-refractivity contribution in [1.82, 2.24) is 14.4 Å². The quantitative estimate of drug-likeness (QED) is 0.351. The second-order valence-electron chi connectivity index (χ2n) is 8.11. The summed E-state index contributed by atoms with van der Waals surface area (Å²) in [6.45, 7) is 4.31. The minimum atomic E-state index is -0.466. The molecule has 1 aromatic heterocycles. The van der Waals surface area contributed by atoms with Gasteiger partial charge >= 0.3 is 0 Å². The van der Waals surface area contributed by atoms with Crippen molar-refractivity contribution in [2.45, 2.75) is 45.3 Å². The summed E-state index contributed by atoms with van der Waals surface area (Å²) in [5.74, 6) is -0.328. The highest BCUT2D eigenvalue weighted by molar-refractivity contribution is 5.94. The number of benzene rings is 1. The molecule has 1 aliphatic rings. The second kappa shape index (κ2) is 9.59. The van der Waals surface area contributed by atoms with Gasteiger partial charge in [-0.3, -0.25) is 19.7 Å². The number of hydrogen-bond donors (Lipinski definition) is 0. The zero-order valence-electron chi connectivity index (χ0n) is 18.1. The molecule has 0 bridgehead atoms. The van der Waals surface area contributed by atoms with E-state index in [1.54, 1.807) is 23.1 Å². The lowest BCUT2D eigenvalue weighted by Gasteiger charge is -2.29. The topological polar surface area (TPSA) is 88.7 Å². The Bertz CT molecular complexity index is 974. The molecule has 0 atom stereocenters. The van der Waals surface area contributed by atoms with E-state index in [1.165, 1.54) is 18.2 Å². The van der Waals surface area contributed by atoms with Crippen LogP contribution in [0.15, 0.2) is 48.7 Å². The first-order chi connectivity index (χ1) is 14.8. The fourth-order valence-corrected chi connectivity index (χ4v) is 3.36. The summed E-state index contributed by atoms with van der Waals surface area (Å²) < 4.78 is 2.00. The number of carbonyl (C=O) groups is 2. The number of hydrogen-bond acceptors (Lipinski definition) is 4. The van der Waals surface area contributed by atoms with Gasteiger partial charge in [-0.2, -0.15) is 0 Å². The number of rotatable bonds is 9. The summed E-state index contributed by atoms with van der Waals surface area (Å²) in [5.41, 5.74) is 1.73. The molecule has 0 N–H and O–H groups in total. The maximum Gasteiger partial charge on any atom is 0.269 e. The standard InChI is InChI=1S/C23H28N4O4/c1-17(2)25(22(28)13-8-18-6-9-20(10-7-18)27(30)31)16-23(29)26(19-11-12-19)15-21-5-4-14-24(21)3/h4-10,13-14,17,19H,11-12,15-16H2,1-3H3. The van der Waals surface area contributed by atoms with Crippen molar-refractivity contribution in [2.75, 3.05) is 6.54 Å². The zero-order valence-corrected chi connectivity index (χ0v) is 18.1. The number of carbonyl (C=O) groups excluding carboxylic acids is 2. The lowest BCUT2D eigenvalue weighted by molar-refractivity contribution is -0.384. The van der Waals surface area contributed by atoms with Gasteiger partial charge < -0.3 is 14.4 Å².